The molecule has 0 fully saturated rings. The van der Waals surface area contributed by atoms with Crippen molar-refractivity contribution < 1.29 is 0 Å². The standard InChI is InChI=1S/C32H30N6O2/c33-17-9-1-3-11-19-37-23-15-7-5-13-21(23)25-27-28(35-32(40)36-31(27)39)26-22-14-6-8-16-24(22)38(30(26)29(25)37)20-12-4-2-10-18-34/h5-8,13-16H,1-4,9-12,19-20H2,(H2,35,36,39,40). The number of hydrogen-bond donors (Lipinski definition) is 2. The fourth-order valence-corrected chi connectivity index (χ4v) is 6.28. The summed E-state index contributed by atoms with van der Waals surface area (Å²) in [6.45, 7) is 1.51. The van der Waals surface area contributed by atoms with E-state index in [0.29, 0.717) is 23.7 Å². The van der Waals surface area contributed by atoms with Crippen LogP contribution in [0.1, 0.15) is 51.4 Å². The summed E-state index contributed by atoms with van der Waals surface area (Å²) in [5.74, 6) is 0. The maximum Gasteiger partial charge on any atom is 0.326 e. The first kappa shape index (κ1) is 25.5. The van der Waals surface area contributed by atoms with Crippen LogP contribution in [0.2, 0.25) is 0 Å². The quantitative estimate of drug-likeness (QED) is 0.194. The van der Waals surface area contributed by atoms with E-state index in [2.05, 4.69) is 55.5 Å². The van der Waals surface area contributed by atoms with E-state index in [1.807, 2.05) is 24.3 Å². The molecule has 6 aromatic rings. The van der Waals surface area contributed by atoms with E-state index in [-0.39, 0.29) is 0 Å². The number of nitriles is 2. The topological polar surface area (TPSA) is 123 Å². The van der Waals surface area contributed by atoms with Crippen molar-refractivity contribution in [2.24, 2.45) is 0 Å². The Hall–Kier alpha value is -4.82. The second-order valence-corrected chi connectivity index (χ2v) is 10.4. The molecule has 2 N–H and O–H groups in total. The maximum atomic E-state index is 13.5. The van der Waals surface area contributed by atoms with Gasteiger partial charge in [-0.25, -0.2) is 4.79 Å². The molecule has 8 nitrogen and oxygen atoms in total. The van der Waals surface area contributed by atoms with Crippen LogP contribution in [0.5, 0.6) is 0 Å². The lowest BCUT2D eigenvalue weighted by molar-refractivity contribution is 0.608. The van der Waals surface area contributed by atoms with E-state index in [4.69, 9.17) is 10.5 Å². The third-order valence-electron chi connectivity index (χ3n) is 7.95. The predicted molar refractivity (Wildman–Crippen MR) is 159 cm³/mol. The van der Waals surface area contributed by atoms with Gasteiger partial charge < -0.3 is 14.1 Å². The minimum Gasteiger partial charge on any atom is -0.339 e. The summed E-state index contributed by atoms with van der Waals surface area (Å²) < 4.78 is 4.66. The van der Waals surface area contributed by atoms with Crippen molar-refractivity contribution in [2.45, 2.75) is 64.5 Å². The first-order valence-corrected chi connectivity index (χ1v) is 14.0. The van der Waals surface area contributed by atoms with Crippen LogP contribution in [0, 0.1) is 22.7 Å². The monoisotopic (exact) mass is 530 g/mol. The van der Waals surface area contributed by atoms with Crippen molar-refractivity contribution in [2.75, 3.05) is 0 Å². The van der Waals surface area contributed by atoms with E-state index in [9.17, 15) is 9.59 Å². The Bertz CT molecular complexity index is 2090. The third-order valence-corrected chi connectivity index (χ3v) is 7.95. The highest BCUT2D eigenvalue weighted by atomic mass is 16.2. The van der Waals surface area contributed by atoms with Crippen LogP contribution < -0.4 is 11.2 Å². The fraction of sp³-hybridized carbons (Fsp3) is 0.312. The number of H-pyrrole nitrogens is 2. The molecule has 6 rings (SSSR count). The summed E-state index contributed by atoms with van der Waals surface area (Å²) in [4.78, 5) is 31.6. The zero-order valence-electron chi connectivity index (χ0n) is 22.3. The Morgan fingerprint density at radius 1 is 0.625 bits per heavy atom. The number of hydrogen-bond acceptors (Lipinski definition) is 4. The molecule has 0 saturated heterocycles. The molecule has 0 atom stereocenters. The molecule has 0 aliphatic carbocycles. The lowest BCUT2D eigenvalue weighted by Gasteiger charge is -2.13. The smallest absolute Gasteiger partial charge is 0.326 e. The number of para-hydroxylation sites is 2. The zero-order chi connectivity index (χ0) is 27.6. The summed E-state index contributed by atoms with van der Waals surface area (Å²) >= 11 is 0. The SMILES string of the molecule is N#CCCCCCn1c2ccccc2c2c3[nH]c(=O)[nH]c(=O)c3c3c4ccccc4n(CCCCCC#N)c3c21. The Morgan fingerprint density at radius 3 is 1.73 bits per heavy atom. The highest BCUT2D eigenvalue weighted by molar-refractivity contribution is 6.34. The summed E-state index contributed by atoms with van der Waals surface area (Å²) in [5, 5.41) is 22.2. The van der Waals surface area contributed by atoms with Gasteiger partial charge in [-0.15, -0.1) is 0 Å². The van der Waals surface area contributed by atoms with Crippen LogP contribution in [0.4, 0.5) is 0 Å². The number of benzene rings is 3. The summed E-state index contributed by atoms with van der Waals surface area (Å²) in [5.41, 5.74) is 3.76. The second-order valence-electron chi connectivity index (χ2n) is 10.4. The van der Waals surface area contributed by atoms with E-state index >= 15 is 0 Å². The van der Waals surface area contributed by atoms with Crippen molar-refractivity contribution in [1.29, 1.82) is 10.5 Å². The molecule has 8 heteroatoms. The van der Waals surface area contributed by atoms with Crippen LogP contribution in [-0.2, 0) is 13.1 Å². The predicted octanol–water partition coefficient (Wildman–Crippen LogP) is 6.60. The molecular weight excluding hydrogens is 500 g/mol. The number of aromatic amines is 2. The van der Waals surface area contributed by atoms with Gasteiger partial charge in [-0.05, 0) is 37.8 Å². The molecule has 40 heavy (non-hydrogen) atoms. The second kappa shape index (κ2) is 10.7. The molecule has 3 aromatic carbocycles. The third kappa shape index (κ3) is 4.13. The van der Waals surface area contributed by atoms with Gasteiger partial charge >= 0.3 is 5.69 Å². The molecular formula is C32H30N6O2. The minimum atomic E-state index is -0.521. The number of nitrogens with zero attached hydrogens (tertiary/aromatic N) is 4. The fourth-order valence-electron chi connectivity index (χ4n) is 6.28. The number of fused-ring (bicyclic) bond motifs is 10. The van der Waals surface area contributed by atoms with Gasteiger partial charge in [-0.2, -0.15) is 10.5 Å². The molecule has 0 spiro atoms. The number of aryl methyl sites for hydroxylation is 2. The van der Waals surface area contributed by atoms with Crippen molar-refractivity contribution in [3.8, 4) is 12.1 Å². The number of unbranched alkanes of at least 4 members (excludes halogenated alkanes) is 6. The van der Waals surface area contributed by atoms with Crippen molar-refractivity contribution in [1.82, 2.24) is 19.1 Å². The molecule has 3 heterocycles. The van der Waals surface area contributed by atoms with Gasteiger partial charge in [-0.3, -0.25) is 9.78 Å². The first-order valence-electron chi connectivity index (χ1n) is 14.0. The molecule has 0 aliphatic heterocycles. The molecule has 200 valence electrons. The van der Waals surface area contributed by atoms with Gasteiger partial charge in [0.1, 0.15) is 0 Å². The minimum absolute atomic E-state index is 0.393. The summed E-state index contributed by atoms with van der Waals surface area (Å²) in [6.07, 6.45) is 6.51. The van der Waals surface area contributed by atoms with Crippen molar-refractivity contribution in [3.63, 3.8) is 0 Å². The van der Waals surface area contributed by atoms with E-state index in [1.165, 1.54) is 0 Å². The van der Waals surface area contributed by atoms with Gasteiger partial charge in [0.15, 0.2) is 0 Å². The van der Waals surface area contributed by atoms with Gasteiger partial charge in [0.25, 0.3) is 5.56 Å². The molecule has 3 aromatic heterocycles. The van der Waals surface area contributed by atoms with Gasteiger partial charge in [0.05, 0.1) is 34.1 Å². The highest BCUT2D eigenvalue weighted by Crippen LogP contribution is 2.43. The summed E-state index contributed by atoms with van der Waals surface area (Å²) in [7, 11) is 0. The Labute approximate surface area is 230 Å². The average molecular weight is 531 g/mol. The number of rotatable bonds is 10. The molecule has 0 amide bonds. The highest BCUT2D eigenvalue weighted by Gasteiger charge is 2.25. The molecule has 0 aliphatic rings. The van der Waals surface area contributed by atoms with Crippen LogP contribution in [0.25, 0.3) is 54.5 Å². The van der Waals surface area contributed by atoms with Crippen LogP contribution in [0.3, 0.4) is 0 Å². The first-order chi connectivity index (χ1) is 19.7. The largest absolute Gasteiger partial charge is 0.339 e. The van der Waals surface area contributed by atoms with Gasteiger partial charge in [0.2, 0.25) is 0 Å². The molecule has 0 unspecified atom stereocenters. The number of nitrogens with one attached hydrogen (secondary N) is 2. The summed E-state index contributed by atoms with van der Waals surface area (Å²) in [6, 6.07) is 20.8. The van der Waals surface area contributed by atoms with Crippen LogP contribution in [-0.4, -0.2) is 19.1 Å². The normalized spacial score (nSPS) is 11.7. The van der Waals surface area contributed by atoms with E-state index in [0.717, 1.165) is 95.2 Å². The average Bonchev–Trinajstić information content (AvgIpc) is 3.46. The Kier molecular flexibility index (Phi) is 6.84. The lowest BCUT2D eigenvalue weighted by Crippen LogP contribution is -2.22. The lowest BCUT2D eigenvalue weighted by atomic mass is 10.0. The Balaban J connectivity index is 1.74. The van der Waals surface area contributed by atoms with Crippen molar-refractivity contribution in [3.05, 3.63) is 69.4 Å². The van der Waals surface area contributed by atoms with Crippen molar-refractivity contribution >= 4 is 54.5 Å². The van der Waals surface area contributed by atoms with E-state index < -0.39 is 11.2 Å². The van der Waals surface area contributed by atoms with Crippen LogP contribution in [0.15, 0.2) is 58.1 Å². The zero-order valence-corrected chi connectivity index (χ0v) is 22.3. The Morgan fingerprint density at radius 2 is 1.15 bits per heavy atom. The van der Waals surface area contributed by atoms with Gasteiger partial charge in [0, 0.05) is 58.5 Å². The maximum absolute atomic E-state index is 13.5. The van der Waals surface area contributed by atoms with E-state index in [1.54, 1.807) is 0 Å². The molecule has 0 bridgehead atoms. The molecule has 0 radical (unpaired) electrons. The van der Waals surface area contributed by atoms with Gasteiger partial charge in [-0.1, -0.05) is 49.2 Å². The molecule has 0 saturated carbocycles. The number of aromatic nitrogens is 4. The van der Waals surface area contributed by atoms with Crippen LogP contribution >= 0.6 is 0 Å².